The monoisotopic (exact) mass is 505 g/mol. The lowest BCUT2D eigenvalue weighted by atomic mass is 10.1. The Morgan fingerprint density at radius 1 is 1.08 bits per heavy atom. The summed E-state index contributed by atoms with van der Waals surface area (Å²) in [5.41, 5.74) is 1.22. The summed E-state index contributed by atoms with van der Waals surface area (Å²) in [5.74, 6) is 2.13. The van der Waals surface area contributed by atoms with Crippen molar-refractivity contribution in [1.29, 1.82) is 0 Å². The fraction of sp³-hybridized carbons (Fsp3) is 0.240. The van der Waals surface area contributed by atoms with Gasteiger partial charge in [-0.2, -0.15) is 0 Å². The van der Waals surface area contributed by atoms with Gasteiger partial charge in [-0.05, 0) is 49.7 Å². The Balaban J connectivity index is 1.39. The van der Waals surface area contributed by atoms with Gasteiger partial charge < -0.3 is 18.8 Å². The molecule has 1 N–H and O–H groups in total. The topological polar surface area (TPSA) is 117 Å². The summed E-state index contributed by atoms with van der Waals surface area (Å²) in [6.45, 7) is 2.48. The molecule has 0 saturated carbocycles. The molecule has 1 aliphatic rings. The zero-order chi connectivity index (χ0) is 25.1. The van der Waals surface area contributed by atoms with Crippen LogP contribution >= 0.6 is 11.3 Å². The van der Waals surface area contributed by atoms with Gasteiger partial charge in [0.1, 0.15) is 23.1 Å². The van der Waals surface area contributed by atoms with Gasteiger partial charge in [-0.15, -0.1) is 21.5 Å². The van der Waals surface area contributed by atoms with Gasteiger partial charge in [0, 0.05) is 41.7 Å². The number of aromatic nitrogens is 4. The highest BCUT2D eigenvalue weighted by atomic mass is 32.1. The Morgan fingerprint density at radius 3 is 2.64 bits per heavy atom. The first-order valence-electron chi connectivity index (χ1n) is 11.3. The Labute approximate surface area is 210 Å². The number of anilines is 1. The van der Waals surface area contributed by atoms with Crippen molar-refractivity contribution in [3.63, 3.8) is 0 Å². The molecular formula is C25H23N5O5S. The van der Waals surface area contributed by atoms with E-state index in [0.717, 1.165) is 36.6 Å². The predicted molar refractivity (Wildman–Crippen MR) is 132 cm³/mol. The number of fused-ring (bicyclic) bond motifs is 1. The van der Waals surface area contributed by atoms with Crippen molar-refractivity contribution in [2.24, 2.45) is 0 Å². The average molecular weight is 506 g/mol. The van der Waals surface area contributed by atoms with Crippen LogP contribution in [0.2, 0.25) is 0 Å². The van der Waals surface area contributed by atoms with E-state index < -0.39 is 12.1 Å². The number of carbonyl (C=O) groups is 2. The van der Waals surface area contributed by atoms with Crippen molar-refractivity contribution in [2.75, 3.05) is 12.4 Å². The largest absolute Gasteiger partial charge is 0.479 e. The number of hydrogen-bond donors (Lipinski definition) is 1. The van der Waals surface area contributed by atoms with Gasteiger partial charge >= 0.3 is 5.97 Å². The molecule has 2 aromatic heterocycles. The third-order valence-corrected chi connectivity index (χ3v) is 6.29. The van der Waals surface area contributed by atoms with Crippen LogP contribution in [0.5, 0.6) is 17.2 Å². The van der Waals surface area contributed by atoms with Crippen LogP contribution in [0.3, 0.4) is 0 Å². The molecule has 3 heterocycles. The molecular weight excluding hydrogens is 482 g/mol. The number of thiazole rings is 1. The van der Waals surface area contributed by atoms with Gasteiger partial charge in [0.25, 0.3) is 5.91 Å². The SMILES string of the molecule is COC(=O)[C@@H](C)Oc1cc(Oc2ccc(-c3nnc4n3CCC4)cc2)cc(C(=O)Nc2nccs2)c1. The first-order valence-corrected chi connectivity index (χ1v) is 12.2. The molecule has 2 aromatic carbocycles. The second kappa shape index (κ2) is 10.2. The number of carbonyl (C=O) groups excluding carboxylic acids is 2. The lowest BCUT2D eigenvalue weighted by Crippen LogP contribution is -2.25. The number of nitrogens with one attached hydrogen (secondary N) is 1. The normalized spacial score (nSPS) is 13.1. The Morgan fingerprint density at radius 2 is 1.89 bits per heavy atom. The van der Waals surface area contributed by atoms with Crippen molar-refractivity contribution in [3.8, 4) is 28.6 Å². The van der Waals surface area contributed by atoms with Crippen LogP contribution in [0.4, 0.5) is 5.13 Å². The maximum atomic E-state index is 12.9. The van der Waals surface area contributed by atoms with Gasteiger partial charge in [0.15, 0.2) is 17.1 Å². The van der Waals surface area contributed by atoms with Crippen LogP contribution in [-0.4, -0.2) is 44.8 Å². The molecule has 10 nitrogen and oxygen atoms in total. The lowest BCUT2D eigenvalue weighted by Gasteiger charge is -2.15. The zero-order valence-electron chi connectivity index (χ0n) is 19.6. The molecule has 1 aliphatic heterocycles. The van der Waals surface area contributed by atoms with Crippen molar-refractivity contribution >= 4 is 28.3 Å². The predicted octanol–water partition coefficient (Wildman–Crippen LogP) is 4.33. The Kier molecular flexibility index (Phi) is 6.63. The summed E-state index contributed by atoms with van der Waals surface area (Å²) in [7, 11) is 1.28. The zero-order valence-corrected chi connectivity index (χ0v) is 20.4. The summed E-state index contributed by atoms with van der Waals surface area (Å²) in [6, 6.07) is 12.2. The third kappa shape index (κ3) is 5.05. The van der Waals surface area contributed by atoms with E-state index in [-0.39, 0.29) is 17.2 Å². The summed E-state index contributed by atoms with van der Waals surface area (Å²) < 4.78 is 18.6. The van der Waals surface area contributed by atoms with E-state index in [1.807, 2.05) is 24.3 Å². The quantitative estimate of drug-likeness (QED) is 0.352. The van der Waals surface area contributed by atoms with Crippen LogP contribution in [0, 0.1) is 0 Å². The second-order valence-electron chi connectivity index (χ2n) is 8.09. The maximum absolute atomic E-state index is 12.9. The van der Waals surface area contributed by atoms with Crippen LogP contribution in [0.1, 0.15) is 29.5 Å². The number of rotatable bonds is 8. The first kappa shape index (κ1) is 23.5. The van der Waals surface area contributed by atoms with Crippen LogP contribution in [0.25, 0.3) is 11.4 Å². The molecule has 36 heavy (non-hydrogen) atoms. The first-order chi connectivity index (χ1) is 17.5. The molecule has 5 rings (SSSR count). The van der Waals surface area contributed by atoms with E-state index in [4.69, 9.17) is 14.2 Å². The Hall–Kier alpha value is -4.25. The summed E-state index contributed by atoms with van der Waals surface area (Å²) >= 11 is 1.30. The van der Waals surface area contributed by atoms with Gasteiger partial charge in [-0.25, -0.2) is 9.78 Å². The number of esters is 1. The number of amides is 1. The second-order valence-corrected chi connectivity index (χ2v) is 8.98. The van der Waals surface area contributed by atoms with Gasteiger partial charge in [-0.1, -0.05) is 0 Å². The molecule has 0 aliphatic carbocycles. The molecule has 0 spiro atoms. The number of methoxy groups -OCH3 is 1. The third-order valence-electron chi connectivity index (χ3n) is 5.60. The van der Waals surface area contributed by atoms with Crippen LogP contribution in [0.15, 0.2) is 54.0 Å². The summed E-state index contributed by atoms with van der Waals surface area (Å²) in [4.78, 5) is 28.8. The smallest absolute Gasteiger partial charge is 0.346 e. The van der Waals surface area contributed by atoms with Gasteiger partial charge in [0.2, 0.25) is 0 Å². The molecule has 0 bridgehead atoms. The van der Waals surface area contributed by atoms with Crippen molar-refractivity contribution < 1.29 is 23.8 Å². The van der Waals surface area contributed by atoms with Crippen LogP contribution in [-0.2, 0) is 22.5 Å². The van der Waals surface area contributed by atoms with E-state index in [9.17, 15) is 9.59 Å². The minimum Gasteiger partial charge on any atom is -0.479 e. The molecule has 0 radical (unpaired) electrons. The molecule has 1 amide bonds. The van der Waals surface area contributed by atoms with Gasteiger partial charge in [-0.3, -0.25) is 10.1 Å². The van der Waals surface area contributed by atoms with E-state index in [2.05, 4.69) is 25.1 Å². The van der Waals surface area contributed by atoms with E-state index in [0.29, 0.717) is 16.6 Å². The standard InChI is InChI=1S/C25H23N5O5S/c1-15(24(32)33-2)34-19-12-17(23(31)27-25-26-9-11-36-25)13-20(14-19)35-18-7-5-16(6-8-18)22-29-28-21-4-3-10-30(21)22/h5-9,11-15H,3-4,10H2,1-2H3,(H,26,27,31)/t15-/m1/s1. The number of ether oxygens (including phenoxy) is 3. The fourth-order valence-electron chi connectivity index (χ4n) is 3.87. The highest BCUT2D eigenvalue weighted by molar-refractivity contribution is 7.13. The molecule has 0 saturated heterocycles. The van der Waals surface area contributed by atoms with E-state index in [1.165, 1.54) is 24.5 Å². The minimum absolute atomic E-state index is 0.283. The number of benzene rings is 2. The molecule has 4 aromatic rings. The highest BCUT2D eigenvalue weighted by Crippen LogP contribution is 2.31. The Bertz CT molecular complexity index is 1380. The minimum atomic E-state index is -0.871. The van der Waals surface area contributed by atoms with Gasteiger partial charge in [0.05, 0.1) is 7.11 Å². The number of nitrogens with zero attached hydrogens (tertiary/aromatic N) is 4. The molecule has 184 valence electrons. The number of hydrogen-bond acceptors (Lipinski definition) is 9. The fourth-order valence-corrected chi connectivity index (χ4v) is 4.40. The maximum Gasteiger partial charge on any atom is 0.346 e. The molecule has 11 heteroatoms. The van der Waals surface area contributed by atoms with Crippen LogP contribution < -0.4 is 14.8 Å². The molecule has 0 unspecified atom stereocenters. The summed E-state index contributed by atoms with van der Waals surface area (Å²) in [5, 5.41) is 13.5. The molecule has 1 atom stereocenters. The van der Waals surface area contributed by atoms with Crippen molar-refractivity contribution in [2.45, 2.75) is 32.4 Å². The average Bonchev–Trinajstić information content (AvgIpc) is 3.63. The van der Waals surface area contributed by atoms with E-state index >= 15 is 0 Å². The van der Waals surface area contributed by atoms with Crippen molar-refractivity contribution in [3.05, 3.63) is 65.4 Å². The molecule has 0 fully saturated rings. The van der Waals surface area contributed by atoms with Crippen molar-refractivity contribution in [1.82, 2.24) is 19.7 Å². The lowest BCUT2D eigenvalue weighted by molar-refractivity contribution is -0.147. The number of aryl methyl sites for hydroxylation is 1. The highest BCUT2D eigenvalue weighted by Gasteiger charge is 2.20. The van der Waals surface area contributed by atoms with E-state index in [1.54, 1.807) is 30.6 Å². The summed E-state index contributed by atoms with van der Waals surface area (Å²) in [6.07, 6.45) is 2.75.